The maximum Gasteiger partial charge on any atom is 0.266 e. The Balaban J connectivity index is 1.84. The van der Waals surface area contributed by atoms with Crippen LogP contribution < -0.4 is 10.1 Å². The van der Waals surface area contributed by atoms with Crippen molar-refractivity contribution in [2.24, 2.45) is 0 Å². The molecule has 1 heterocycles. The fraction of sp³-hybridized carbons (Fsp3) is 0.136. The number of carbonyl (C=O) groups is 1. The van der Waals surface area contributed by atoms with E-state index < -0.39 is 5.91 Å². The van der Waals surface area contributed by atoms with Crippen LogP contribution in [0.2, 0.25) is 5.15 Å². The molecule has 1 aromatic heterocycles. The van der Waals surface area contributed by atoms with Gasteiger partial charge in [0.1, 0.15) is 28.4 Å². The van der Waals surface area contributed by atoms with Gasteiger partial charge in [0, 0.05) is 17.3 Å². The first-order valence-corrected chi connectivity index (χ1v) is 9.33. The quantitative estimate of drug-likeness (QED) is 0.463. The minimum atomic E-state index is -0.576. The van der Waals surface area contributed by atoms with Crippen molar-refractivity contribution in [2.45, 2.75) is 13.5 Å². The number of ether oxygens (including phenoxy) is 1. The molecule has 0 bridgehead atoms. The number of methoxy groups -OCH3 is 1. The van der Waals surface area contributed by atoms with Gasteiger partial charge in [-0.1, -0.05) is 29.8 Å². The highest BCUT2D eigenvalue weighted by atomic mass is 35.5. The van der Waals surface area contributed by atoms with Gasteiger partial charge in [-0.05, 0) is 42.8 Å². The Morgan fingerprint density at radius 2 is 2.07 bits per heavy atom. The lowest BCUT2D eigenvalue weighted by Gasteiger charge is -2.06. The van der Waals surface area contributed by atoms with Crippen LogP contribution in [0.1, 0.15) is 16.8 Å². The number of hydrogen-bond donors (Lipinski definition) is 1. The van der Waals surface area contributed by atoms with Crippen LogP contribution in [-0.4, -0.2) is 22.8 Å². The van der Waals surface area contributed by atoms with Gasteiger partial charge in [0.05, 0.1) is 19.3 Å². The van der Waals surface area contributed by atoms with E-state index in [1.807, 2.05) is 6.07 Å². The van der Waals surface area contributed by atoms with E-state index in [-0.39, 0.29) is 16.5 Å². The molecular formula is C22H18ClFN4O2. The van der Waals surface area contributed by atoms with Gasteiger partial charge in [-0.3, -0.25) is 4.79 Å². The van der Waals surface area contributed by atoms with E-state index in [4.69, 9.17) is 16.3 Å². The zero-order chi connectivity index (χ0) is 21.7. The summed E-state index contributed by atoms with van der Waals surface area (Å²) in [5.41, 5.74) is 2.22. The number of aromatic nitrogens is 2. The van der Waals surface area contributed by atoms with Crippen LogP contribution in [0.3, 0.4) is 0 Å². The van der Waals surface area contributed by atoms with Crippen LogP contribution >= 0.6 is 11.6 Å². The summed E-state index contributed by atoms with van der Waals surface area (Å²) < 4.78 is 19.8. The summed E-state index contributed by atoms with van der Waals surface area (Å²) >= 11 is 6.44. The topological polar surface area (TPSA) is 79.9 Å². The molecule has 2 aromatic carbocycles. The standard InChI is InChI=1S/C22H18ClFN4O2/c1-14-20(21(23)28(27-14)13-15-6-8-17(24)9-7-15)10-16(12-25)22(29)26-18-4-3-5-19(11-18)30-2/h3-11H,13H2,1-2H3,(H,26,29)/b16-10+. The SMILES string of the molecule is COc1cccc(NC(=O)/C(C#N)=C/c2c(C)nn(Cc3ccc(F)cc3)c2Cl)c1. The number of hydrogen-bond acceptors (Lipinski definition) is 4. The third-order valence-corrected chi connectivity index (χ3v) is 4.74. The Labute approximate surface area is 178 Å². The first kappa shape index (κ1) is 21.1. The molecule has 152 valence electrons. The lowest BCUT2D eigenvalue weighted by molar-refractivity contribution is -0.112. The molecule has 0 radical (unpaired) electrons. The number of carbonyl (C=O) groups excluding carboxylic acids is 1. The van der Waals surface area contributed by atoms with Crippen molar-refractivity contribution >= 4 is 29.3 Å². The van der Waals surface area contributed by atoms with E-state index in [9.17, 15) is 14.4 Å². The Kier molecular flexibility index (Phi) is 6.50. The largest absolute Gasteiger partial charge is 0.497 e. The molecule has 0 saturated carbocycles. The van der Waals surface area contributed by atoms with Crippen molar-refractivity contribution in [2.75, 3.05) is 12.4 Å². The van der Waals surface area contributed by atoms with Crippen molar-refractivity contribution < 1.29 is 13.9 Å². The predicted octanol–water partition coefficient (Wildman–Crippen LogP) is 4.59. The highest BCUT2D eigenvalue weighted by molar-refractivity contribution is 6.31. The molecule has 3 rings (SSSR count). The number of amides is 1. The third kappa shape index (κ3) is 4.85. The molecule has 0 aliphatic rings. The van der Waals surface area contributed by atoms with E-state index in [1.165, 1.54) is 30.0 Å². The van der Waals surface area contributed by atoms with Crippen LogP contribution in [0, 0.1) is 24.1 Å². The summed E-state index contributed by atoms with van der Waals surface area (Å²) in [7, 11) is 1.52. The Bertz CT molecular complexity index is 1150. The number of rotatable bonds is 6. The first-order chi connectivity index (χ1) is 14.4. The molecule has 0 spiro atoms. The highest BCUT2D eigenvalue weighted by Gasteiger charge is 2.16. The number of nitriles is 1. The summed E-state index contributed by atoms with van der Waals surface area (Å²) in [6.07, 6.45) is 1.40. The van der Waals surface area contributed by atoms with Crippen molar-refractivity contribution in [1.82, 2.24) is 9.78 Å². The maximum atomic E-state index is 13.1. The van der Waals surface area contributed by atoms with Gasteiger partial charge in [0.25, 0.3) is 5.91 Å². The lowest BCUT2D eigenvalue weighted by Crippen LogP contribution is -2.13. The normalized spacial score (nSPS) is 11.1. The Hall–Kier alpha value is -3.63. The molecule has 3 aromatic rings. The van der Waals surface area contributed by atoms with Crippen LogP contribution in [0.5, 0.6) is 5.75 Å². The second-order valence-electron chi connectivity index (χ2n) is 6.43. The van der Waals surface area contributed by atoms with E-state index in [0.29, 0.717) is 29.2 Å². The van der Waals surface area contributed by atoms with Crippen LogP contribution in [0.15, 0.2) is 54.1 Å². The van der Waals surface area contributed by atoms with Crippen molar-refractivity contribution in [3.8, 4) is 11.8 Å². The predicted molar refractivity (Wildman–Crippen MR) is 113 cm³/mol. The molecule has 1 N–H and O–H groups in total. The lowest BCUT2D eigenvalue weighted by atomic mass is 10.1. The Morgan fingerprint density at radius 3 is 2.73 bits per heavy atom. The molecular weight excluding hydrogens is 407 g/mol. The first-order valence-electron chi connectivity index (χ1n) is 8.96. The fourth-order valence-corrected chi connectivity index (χ4v) is 3.08. The molecule has 0 atom stereocenters. The van der Waals surface area contributed by atoms with Crippen molar-refractivity contribution in [3.63, 3.8) is 0 Å². The number of aryl methyl sites for hydroxylation is 1. The van der Waals surface area contributed by atoms with Crippen molar-refractivity contribution in [1.29, 1.82) is 5.26 Å². The van der Waals surface area contributed by atoms with E-state index >= 15 is 0 Å². The number of benzene rings is 2. The number of nitrogens with zero attached hydrogens (tertiary/aromatic N) is 3. The van der Waals surface area contributed by atoms with Crippen LogP contribution in [-0.2, 0) is 11.3 Å². The van der Waals surface area contributed by atoms with Crippen LogP contribution in [0.4, 0.5) is 10.1 Å². The average Bonchev–Trinajstić information content (AvgIpc) is 3.00. The number of halogens is 2. The molecule has 0 fully saturated rings. The number of nitrogens with one attached hydrogen (secondary N) is 1. The molecule has 0 unspecified atom stereocenters. The summed E-state index contributed by atoms with van der Waals surface area (Å²) in [4.78, 5) is 12.6. The average molecular weight is 425 g/mol. The van der Waals surface area contributed by atoms with Gasteiger partial charge in [0.15, 0.2) is 0 Å². The molecule has 0 aliphatic carbocycles. The zero-order valence-corrected chi connectivity index (χ0v) is 17.1. The molecule has 8 heteroatoms. The van der Waals surface area contributed by atoms with Crippen molar-refractivity contribution in [3.05, 3.63) is 81.9 Å². The van der Waals surface area contributed by atoms with Gasteiger partial charge < -0.3 is 10.1 Å². The van der Waals surface area contributed by atoms with Gasteiger partial charge in [0.2, 0.25) is 0 Å². The van der Waals surface area contributed by atoms with Gasteiger partial charge in [-0.2, -0.15) is 10.4 Å². The van der Waals surface area contributed by atoms with E-state index in [2.05, 4.69) is 10.4 Å². The van der Waals surface area contributed by atoms with E-state index in [0.717, 1.165) is 5.56 Å². The summed E-state index contributed by atoms with van der Waals surface area (Å²) in [5, 5.41) is 16.8. The third-order valence-electron chi connectivity index (χ3n) is 4.34. The summed E-state index contributed by atoms with van der Waals surface area (Å²) in [5.74, 6) is -0.324. The minimum absolute atomic E-state index is 0.121. The summed E-state index contributed by atoms with van der Waals surface area (Å²) in [6, 6.07) is 14.7. The molecule has 1 amide bonds. The molecule has 0 saturated heterocycles. The smallest absolute Gasteiger partial charge is 0.266 e. The highest BCUT2D eigenvalue weighted by Crippen LogP contribution is 2.24. The second kappa shape index (κ2) is 9.25. The molecule has 6 nitrogen and oxygen atoms in total. The Morgan fingerprint density at radius 1 is 1.33 bits per heavy atom. The van der Waals surface area contributed by atoms with E-state index in [1.54, 1.807) is 43.3 Å². The van der Waals surface area contributed by atoms with Gasteiger partial charge in [-0.15, -0.1) is 0 Å². The molecule has 0 aliphatic heterocycles. The zero-order valence-electron chi connectivity index (χ0n) is 16.3. The molecule has 30 heavy (non-hydrogen) atoms. The second-order valence-corrected chi connectivity index (χ2v) is 6.79. The number of anilines is 1. The maximum absolute atomic E-state index is 13.1. The summed E-state index contributed by atoms with van der Waals surface area (Å²) in [6.45, 7) is 2.06. The minimum Gasteiger partial charge on any atom is -0.497 e. The van der Waals surface area contributed by atoms with Crippen LogP contribution in [0.25, 0.3) is 6.08 Å². The van der Waals surface area contributed by atoms with Gasteiger partial charge in [-0.25, -0.2) is 9.07 Å². The fourth-order valence-electron chi connectivity index (χ4n) is 2.79. The van der Waals surface area contributed by atoms with Gasteiger partial charge >= 0.3 is 0 Å². The monoisotopic (exact) mass is 424 g/mol.